The van der Waals surface area contributed by atoms with Gasteiger partial charge in [0.1, 0.15) is 5.75 Å². The Balaban J connectivity index is 1.28. The van der Waals surface area contributed by atoms with Crippen molar-refractivity contribution in [1.29, 1.82) is 0 Å². The standard InChI is InChI=1S/C29H25BrN2O4S/c30-23-10-15-28(36-19-17-21-6-2-1-3-7-21)26(20-23)29(33)31-24-11-13-25(14-12-24)37(34,35)32-18-16-22-8-4-5-9-27(22)32/h1-15,20H,16-19H2,(H,31,33). The molecule has 0 bridgehead atoms. The van der Waals surface area contributed by atoms with Gasteiger partial charge in [0.15, 0.2) is 0 Å². The molecular weight excluding hydrogens is 552 g/mol. The molecule has 0 saturated heterocycles. The molecule has 8 heteroatoms. The summed E-state index contributed by atoms with van der Waals surface area (Å²) in [6, 6.07) is 29.0. The minimum atomic E-state index is -3.70. The number of rotatable bonds is 8. The zero-order chi connectivity index (χ0) is 25.8. The average Bonchev–Trinajstić information content (AvgIpc) is 3.36. The number of carbonyl (C=O) groups is 1. The van der Waals surface area contributed by atoms with E-state index in [2.05, 4.69) is 21.2 Å². The number of halogens is 1. The van der Waals surface area contributed by atoms with Crippen molar-refractivity contribution >= 4 is 43.2 Å². The maximum atomic E-state index is 13.3. The minimum Gasteiger partial charge on any atom is -0.492 e. The largest absolute Gasteiger partial charge is 0.492 e. The van der Waals surface area contributed by atoms with Gasteiger partial charge >= 0.3 is 0 Å². The van der Waals surface area contributed by atoms with Crippen LogP contribution in [0, 0.1) is 0 Å². The number of nitrogens with zero attached hydrogens (tertiary/aromatic N) is 1. The minimum absolute atomic E-state index is 0.176. The molecule has 4 aromatic rings. The van der Waals surface area contributed by atoms with E-state index in [0.29, 0.717) is 42.3 Å². The summed E-state index contributed by atoms with van der Waals surface area (Å²) in [4.78, 5) is 13.3. The Morgan fingerprint density at radius 3 is 2.43 bits per heavy atom. The second-order valence-electron chi connectivity index (χ2n) is 8.66. The molecular formula is C29H25BrN2O4S. The number of nitrogens with one attached hydrogen (secondary N) is 1. The maximum absolute atomic E-state index is 13.3. The highest BCUT2D eigenvalue weighted by Crippen LogP contribution is 2.33. The fourth-order valence-corrected chi connectivity index (χ4v) is 6.19. The lowest BCUT2D eigenvalue weighted by Crippen LogP contribution is -2.29. The lowest BCUT2D eigenvalue weighted by molar-refractivity contribution is 0.102. The molecule has 5 rings (SSSR count). The number of sulfonamides is 1. The van der Waals surface area contributed by atoms with Crippen LogP contribution in [0.25, 0.3) is 0 Å². The number of hydrogen-bond acceptors (Lipinski definition) is 4. The van der Waals surface area contributed by atoms with Gasteiger partial charge in [-0.25, -0.2) is 8.42 Å². The van der Waals surface area contributed by atoms with Crippen LogP contribution in [-0.2, 0) is 22.9 Å². The predicted octanol–water partition coefficient (Wildman–Crippen LogP) is 6.07. The number of fused-ring (bicyclic) bond motifs is 1. The third kappa shape index (κ3) is 5.55. The first-order chi connectivity index (χ1) is 17.9. The lowest BCUT2D eigenvalue weighted by Gasteiger charge is -2.19. The third-order valence-corrected chi connectivity index (χ3v) is 8.54. The molecule has 1 N–H and O–H groups in total. The first-order valence-electron chi connectivity index (χ1n) is 11.9. The number of anilines is 2. The molecule has 1 heterocycles. The van der Waals surface area contributed by atoms with E-state index in [9.17, 15) is 13.2 Å². The van der Waals surface area contributed by atoms with E-state index in [-0.39, 0.29) is 10.8 Å². The predicted molar refractivity (Wildman–Crippen MR) is 149 cm³/mol. The highest BCUT2D eigenvalue weighted by molar-refractivity contribution is 9.10. The quantitative estimate of drug-likeness (QED) is 0.276. The van der Waals surface area contributed by atoms with E-state index in [0.717, 1.165) is 22.0 Å². The Bertz CT molecular complexity index is 1520. The first kappa shape index (κ1) is 25.0. The molecule has 0 aromatic heterocycles. The van der Waals surface area contributed by atoms with Crippen LogP contribution in [0.5, 0.6) is 5.75 Å². The van der Waals surface area contributed by atoms with Gasteiger partial charge in [0.2, 0.25) is 0 Å². The molecule has 0 saturated carbocycles. The van der Waals surface area contributed by atoms with E-state index >= 15 is 0 Å². The monoisotopic (exact) mass is 576 g/mol. The van der Waals surface area contributed by atoms with Crippen molar-refractivity contribution in [3.63, 3.8) is 0 Å². The van der Waals surface area contributed by atoms with E-state index < -0.39 is 10.0 Å². The lowest BCUT2D eigenvalue weighted by atomic mass is 10.1. The van der Waals surface area contributed by atoms with E-state index in [1.54, 1.807) is 24.3 Å². The molecule has 1 aliphatic rings. The SMILES string of the molecule is O=C(Nc1ccc(S(=O)(=O)N2CCc3ccccc32)cc1)c1cc(Br)ccc1OCCc1ccccc1. The number of amides is 1. The second kappa shape index (κ2) is 10.8. The summed E-state index contributed by atoms with van der Waals surface area (Å²) in [7, 11) is -3.70. The molecule has 0 atom stereocenters. The van der Waals surface area contributed by atoms with Gasteiger partial charge in [-0.15, -0.1) is 0 Å². The van der Waals surface area contributed by atoms with Gasteiger partial charge in [-0.1, -0.05) is 64.5 Å². The van der Waals surface area contributed by atoms with Crippen LogP contribution in [0.3, 0.4) is 0 Å². The van der Waals surface area contributed by atoms with Gasteiger partial charge in [-0.2, -0.15) is 0 Å². The fraction of sp³-hybridized carbons (Fsp3) is 0.138. The van der Waals surface area contributed by atoms with Gasteiger partial charge in [0.25, 0.3) is 15.9 Å². The van der Waals surface area contributed by atoms with Crippen LogP contribution < -0.4 is 14.4 Å². The normalized spacial score (nSPS) is 12.7. The summed E-state index contributed by atoms with van der Waals surface area (Å²) < 4.78 is 34.6. The molecule has 1 amide bonds. The first-order valence-corrected chi connectivity index (χ1v) is 14.1. The van der Waals surface area contributed by atoms with Gasteiger partial charge in [0.05, 0.1) is 22.8 Å². The smallest absolute Gasteiger partial charge is 0.264 e. The molecule has 37 heavy (non-hydrogen) atoms. The summed E-state index contributed by atoms with van der Waals surface area (Å²) in [6.45, 7) is 0.841. The van der Waals surface area contributed by atoms with Crippen molar-refractivity contribution in [3.05, 3.63) is 118 Å². The molecule has 6 nitrogen and oxygen atoms in total. The van der Waals surface area contributed by atoms with Crippen molar-refractivity contribution in [3.8, 4) is 5.75 Å². The Morgan fingerprint density at radius 1 is 0.919 bits per heavy atom. The van der Waals surface area contributed by atoms with Crippen LogP contribution in [0.2, 0.25) is 0 Å². The third-order valence-electron chi connectivity index (χ3n) is 6.22. The maximum Gasteiger partial charge on any atom is 0.264 e. The van der Waals surface area contributed by atoms with Crippen molar-refractivity contribution in [2.45, 2.75) is 17.7 Å². The zero-order valence-electron chi connectivity index (χ0n) is 19.9. The van der Waals surface area contributed by atoms with Crippen LogP contribution >= 0.6 is 15.9 Å². The second-order valence-corrected chi connectivity index (χ2v) is 11.4. The molecule has 1 aliphatic heterocycles. The van der Waals surface area contributed by atoms with E-state index in [4.69, 9.17) is 4.74 Å². The summed E-state index contributed by atoms with van der Waals surface area (Å²) in [5.74, 6) is 0.128. The van der Waals surface area contributed by atoms with Crippen molar-refractivity contribution in [1.82, 2.24) is 0 Å². The van der Waals surface area contributed by atoms with Crippen LogP contribution in [0.1, 0.15) is 21.5 Å². The summed E-state index contributed by atoms with van der Waals surface area (Å²) >= 11 is 3.42. The highest BCUT2D eigenvalue weighted by Gasteiger charge is 2.30. The molecule has 188 valence electrons. The molecule has 4 aromatic carbocycles. The van der Waals surface area contributed by atoms with Crippen molar-refractivity contribution in [2.75, 3.05) is 22.8 Å². The molecule has 0 radical (unpaired) electrons. The zero-order valence-corrected chi connectivity index (χ0v) is 22.3. The Hall–Kier alpha value is -3.62. The van der Waals surface area contributed by atoms with Crippen molar-refractivity contribution in [2.24, 2.45) is 0 Å². The highest BCUT2D eigenvalue weighted by atomic mass is 79.9. The number of hydrogen-bond donors (Lipinski definition) is 1. The van der Waals surface area contributed by atoms with Crippen LogP contribution in [0.15, 0.2) is 106 Å². The van der Waals surface area contributed by atoms with Gasteiger partial charge in [-0.05, 0) is 66.1 Å². The van der Waals surface area contributed by atoms with Crippen LogP contribution in [-0.4, -0.2) is 27.5 Å². The molecule has 0 unspecified atom stereocenters. The summed E-state index contributed by atoms with van der Waals surface area (Å²) in [5, 5.41) is 2.85. The van der Waals surface area contributed by atoms with Gasteiger partial charge < -0.3 is 10.1 Å². The number of carbonyl (C=O) groups excluding carboxylic acids is 1. The summed E-state index contributed by atoms with van der Waals surface area (Å²) in [5.41, 5.74) is 3.76. The average molecular weight is 578 g/mol. The van der Waals surface area contributed by atoms with Crippen molar-refractivity contribution < 1.29 is 17.9 Å². The van der Waals surface area contributed by atoms with E-state index in [1.165, 1.54) is 16.4 Å². The van der Waals surface area contributed by atoms with Gasteiger partial charge in [0, 0.05) is 23.1 Å². The molecule has 0 aliphatic carbocycles. The fourth-order valence-electron chi connectivity index (χ4n) is 4.32. The summed E-state index contributed by atoms with van der Waals surface area (Å²) in [6.07, 6.45) is 1.40. The number of para-hydroxylation sites is 1. The Labute approximate surface area is 225 Å². The molecule has 0 fully saturated rings. The van der Waals surface area contributed by atoms with E-state index in [1.807, 2.05) is 60.7 Å². The Morgan fingerprint density at radius 2 is 1.65 bits per heavy atom. The topological polar surface area (TPSA) is 75.7 Å². The van der Waals surface area contributed by atoms with Crippen LogP contribution in [0.4, 0.5) is 11.4 Å². The van der Waals surface area contributed by atoms with Gasteiger partial charge in [-0.3, -0.25) is 9.10 Å². The number of ether oxygens (including phenoxy) is 1. The number of benzene rings is 4. The Kier molecular flexibility index (Phi) is 7.30. The molecule has 0 spiro atoms.